The molecule has 9 aromatic rings. The fourth-order valence-electron chi connectivity index (χ4n) is 9.15. The molecule has 51 heavy (non-hydrogen) atoms. The predicted molar refractivity (Wildman–Crippen MR) is 216 cm³/mol. The van der Waals surface area contributed by atoms with Crippen molar-refractivity contribution in [2.45, 2.75) is 33.1 Å². The molecule has 0 radical (unpaired) electrons. The molecule has 0 saturated heterocycles. The maximum Gasteiger partial charge on any atom is 0.333 e. The number of anilines is 3. The highest BCUT2D eigenvalue weighted by Gasteiger charge is 2.44. The van der Waals surface area contributed by atoms with E-state index in [1.165, 1.54) is 88.6 Å². The smallest absolute Gasteiger partial charge is 0.333 e. The molecule has 2 aliphatic rings. The van der Waals surface area contributed by atoms with Crippen LogP contribution in [-0.2, 0) is 5.41 Å². The molecular formula is C47H35BN2O. The van der Waals surface area contributed by atoms with Gasteiger partial charge in [0.25, 0.3) is 0 Å². The Labute approximate surface area is 297 Å². The van der Waals surface area contributed by atoms with Crippen LogP contribution in [0.3, 0.4) is 0 Å². The van der Waals surface area contributed by atoms with E-state index in [9.17, 15) is 0 Å². The van der Waals surface area contributed by atoms with Gasteiger partial charge in [-0.3, -0.25) is 0 Å². The van der Waals surface area contributed by atoms with E-state index in [4.69, 9.17) is 4.42 Å². The number of fused-ring (bicyclic) bond motifs is 11. The van der Waals surface area contributed by atoms with Gasteiger partial charge in [-0.05, 0) is 88.0 Å². The zero-order valence-electron chi connectivity index (χ0n) is 29.2. The maximum absolute atomic E-state index is 6.64. The van der Waals surface area contributed by atoms with Crippen LogP contribution in [0.25, 0.3) is 66.0 Å². The van der Waals surface area contributed by atoms with E-state index in [1.54, 1.807) is 0 Å². The topological polar surface area (TPSA) is 21.3 Å². The Balaban J connectivity index is 1.34. The Hall–Kier alpha value is -6.00. The number of hydrogen-bond donors (Lipinski definition) is 0. The molecule has 11 rings (SSSR count). The van der Waals surface area contributed by atoms with Gasteiger partial charge in [-0.25, -0.2) is 0 Å². The van der Waals surface area contributed by atoms with E-state index < -0.39 is 0 Å². The number of aromatic nitrogens is 1. The van der Waals surface area contributed by atoms with Crippen molar-refractivity contribution in [3.63, 3.8) is 0 Å². The van der Waals surface area contributed by atoms with E-state index in [0.29, 0.717) is 0 Å². The second kappa shape index (κ2) is 10.0. The average Bonchev–Trinajstić information content (AvgIpc) is 3.69. The minimum atomic E-state index is -0.0575. The molecule has 0 unspecified atom stereocenters. The van der Waals surface area contributed by atoms with Gasteiger partial charge in [0.2, 0.25) is 0 Å². The Morgan fingerprint density at radius 2 is 1.29 bits per heavy atom. The number of benzene rings is 7. The summed E-state index contributed by atoms with van der Waals surface area (Å²) in [6.07, 6.45) is 0. The van der Waals surface area contributed by atoms with Crippen molar-refractivity contribution in [1.82, 2.24) is 4.48 Å². The summed E-state index contributed by atoms with van der Waals surface area (Å²) < 4.78 is 9.28. The van der Waals surface area contributed by atoms with Crippen LogP contribution >= 0.6 is 0 Å². The van der Waals surface area contributed by atoms with Crippen LogP contribution in [0.4, 0.5) is 17.1 Å². The molecule has 0 N–H and O–H groups in total. The molecule has 0 aliphatic carbocycles. The van der Waals surface area contributed by atoms with Crippen LogP contribution in [0.15, 0.2) is 144 Å². The van der Waals surface area contributed by atoms with Crippen LogP contribution in [0.5, 0.6) is 0 Å². The first-order valence-corrected chi connectivity index (χ1v) is 18.0. The Bertz CT molecular complexity index is 2920. The van der Waals surface area contributed by atoms with E-state index in [-0.39, 0.29) is 12.3 Å². The lowest BCUT2D eigenvalue weighted by atomic mass is 9.44. The van der Waals surface area contributed by atoms with Gasteiger partial charge in [0.1, 0.15) is 11.2 Å². The minimum absolute atomic E-state index is 0.00188. The van der Waals surface area contributed by atoms with Crippen LogP contribution < -0.4 is 15.8 Å². The Kier molecular flexibility index (Phi) is 5.67. The second-order valence-corrected chi connectivity index (χ2v) is 15.4. The molecule has 0 saturated carbocycles. The SMILES string of the molecule is Cc1cc2c3c(c1)N(c1ccc(C(C)(C)C)cc1-c1ccccc1)c1ccc4oc5ccccc5c4c1B3n1c3ccccc3c3cccc-2c31. The summed E-state index contributed by atoms with van der Waals surface area (Å²) >= 11 is 0. The lowest BCUT2D eigenvalue weighted by Crippen LogP contribution is -2.57. The van der Waals surface area contributed by atoms with E-state index in [0.717, 1.165) is 16.6 Å². The largest absolute Gasteiger partial charge is 0.456 e. The van der Waals surface area contributed by atoms with Gasteiger partial charge >= 0.3 is 6.85 Å². The van der Waals surface area contributed by atoms with E-state index in [2.05, 4.69) is 177 Å². The summed E-state index contributed by atoms with van der Waals surface area (Å²) in [6.45, 7) is 9.09. The van der Waals surface area contributed by atoms with Gasteiger partial charge < -0.3 is 13.8 Å². The molecule has 242 valence electrons. The third-order valence-corrected chi connectivity index (χ3v) is 11.4. The highest BCUT2D eigenvalue weighted by atomic mass is 16.3. The van der Waals surface area contributed by atoms with Crippen molar-refractivity contribution in [2.75, 3.05) is 4.90 Å². The second-order valence-electron chi connectivity index (χ2n) is 15.4. The molecular weight excluding hydrogens is 619 g/mol. The van der Waals surface area contributed by atoms with Gasteiger partial charge in [-0.15, -0.1) is 0 Å². The van der Waals surface area contributed by atoms with Gasteiger partial charge in [0, 0.05) is 55.1 Å². The number of para-hydroxylation sites is 3. The quantitative estimate of drug-likeness (QED) is 0.173. The van der Waals surface area contributed by atoms with Crippen molar-refractivity contribution in [3.8, 4) is 22.3 Å². The standard InChI is InChI=1S/C47H35BN2O/c1-28-25-36-33-18-12-17-32-31-15-8-10-19-38(31)50(46(32)33)48-44(36)40(26-28)49(39-23-24-42-43(45(39)48)34-16-9-11-20-41(34)51-42)37-22-21-30(47(2,3)4)27-35(37)29-13-6-5-7-14-29/h5-27H,1-4H3. The first-order chi connectivity index (χ1) is 24.9. The summed E-state index contributed by atoms with van der Waals surface area (Å²) in [7, 11) is 0. The van der Waals surface area contributed by atoms with Crippen LogP contribution in [0.1, 0.15) is 31.9 Å². The number of furan rings is 1. The maximum atomic E-state index is 6.64. The predicted octanol–water partition coefficient (Wildman–Crippen LogP) is 11.4. The summed E-state index contributed by atoms with van der Waals surface area (Å²) in [5.74, 6) is 0. The molecule has 2 aromatic heterocycles. The molecule has 0 bridgehead atoms. The number of hydrogen-bond acceptors (Lipinski definition) is 2. The van der Waals surface area contributed by atoms with Crippen molar-refractivity contribution in [3.05, 3.63) is 151 Å². The van der Waals surface area contributed by atoms with Crippen molar-refractivity contribution in [2.24, 2.45) is 0 Å². The summed E-state index contributed by atoms with van der Waals surface area (Å²) in [5.41, 5.74) is 18.2. The molecule has 0 fully saturated rings. The van der Waals surface area contributed by atoms with E-state index in [1.807, 2.05) is 0 Å². The number of rotatable bonds is 2. The van der Waals surface area contributed by atoms with Gasteiger partial charge in [-0.2, -0.15) is 0 Å². The average molecular weight is 655 g/mol. The first kappa shape index (κ1) is 28.8. The first-order valence-electron chi connectivity index (χ1n) is 18.0. The lowest BCUT2D eigenvalue weighted by molar-refractivity contribution is 0.590. The highest BCUT2D eigenvalue weighted by molar-refractivity contribution is 6.92. The summed E-state index contributed by atoms with van der Waals surface area (Å²) in [5, 5.41) is 4.93. The number of aryl methyl sites for hydroxylation is 1. The summed E-state index contributed by atoms with van der Waals surface area (Å²) in [4.78, 5) is 2.56. The van der Waals surface area contributed by atoms with Crippen LogP contribution in [0, 0.1) is 6.92 Å². The van der Waals surface area contributed by atoms with Gasteiger partial charge in [0.15, 0.2) is 0 Å². The molecule has 0 atom stereocenters. The van der Waals surface area contributed by atoms with Crippen molar-refractivity contribution < 1.29 is 4.42 Å². The monoisotopic (exact) mass is 654 g/mol. The third-order valence-electron chi connectivity index (χ3n) is 11.4. The number of nitrogens with zero attached hydrogens (tertiary/aromatic N) is 2. The normalized spacial score (nSPS) is 13.4. The zero-order chi connectivity index (χ0) is 34.2. The van der Waals surface area contributed by atoms with Gasteiger partial charge in [0.05, 0.1) is 5.69 Å². The van der Waals surface area contributed by atoms with Crippen LogP contribution in [0.2, 0.25) is 0 Å². The van der Waals surface area contributed by atoms with E-state index >= 15 is 0 Å². The summed E-state index contributed by atoms with van der Waals surface area (Å²) in [6, 6.07) is 51.7. The van der Waals surface area contributed by atoms with Crippen molar-refractivity contribution in [1.29, 1.82) is 0 Å². The van der Waals surface area contributed by atoms with Crippen LogP contribution in [-0.4, -0.2) is 11.3 Å². The fraction of sp³-hybridized carbons (Fsp3) is 0.106. The molecule has 4 heterocycles. The molecule has 7 aromatic carbocycles. The highest BCUT2D eigenvalue weighted by Crippen LogP contribution is 2.49. The molecule has 4 heteroatoms. The minimum Gasteiger partial charge on any atom is -0.456 e. The lowest BCUT2D eigenvalue weighted by Gasteiger charge is -2.41. The Morgan fingerprint density at radius 1 is 0.549 bits per heavy atom. The molecule has 0 spiro atoms. The molecule has 3 nitrogen and oxygen atoms in total. The van der Waals surface area contributed by atoms with Crippen molar-refractivity contribution >= 4 is 78.6 Å². The third kappa shape index (κ3) is 3.85. The molecule has 2 aliphatic heterocycles. The zero-order valence-corrected chi connectivity index (χ0v) is 29.2. The molecule has 0 amide bonds. The fourth-order valence-corrected chi connectivity index (χ4v) is 9.15. The Morgan fingerprint density at radius 3 is 2.14 bits per heavy atom. The van der Waals surface area contributed by atoms with Gasteiger partial charge in [-0.1, -0.05) is 118 Å².